The van der Waals surface area contributed by atoms with Crippen LogP contribution in [0.15, 0.2) is 24.3 Å². The van der Waals surface area contributed by atoms with Crippen LogP contribution >= 0.6 is 0 Å². The van der Waals surface area contributed by atoms with Crippen molar-refractivity contribution in [3.63, 3.8) is 0 Å². The van der Waals surface area contributed by atoms with Gasteiger partial charge >= 0.3 is 0 Å². The normalized spacial score (nSPS) is 11.6. The number of rotatable bonds is 9. The lowest BCUT2D eigenvalue weighted by Gasteiger charge is -2.24. The van der Waals surface area contributed by atoms with Crippen molar-refractivity contribution in [2.75, 3.05) is 13.1 Å². The van der Waals surface area contributed by atoms with Crippen molar-refractivity contribution in [2.45, 2.75) is 47.1 Å². The number of amidine groups is 1. The molecule has 0 amide bonds. The Morgan fingerprint density at radius 3 is 1.86 bits per heavy atom. The maximum atomic E-state index is 7.44. The van der Waals surface area contributed by atoms with E-state index >= 15 is 0 Å². The molecule has 0 bridgehead atoms. The van der Waals surface area contributed by atoms with Gasteiger partial charge in [-0.05, 0) is 43.3 Å². The average Bonchev–Trinajstić information content (AvgIpc) is 2.42. The summed E-state index contributed by atoms with van der Waals surface area (Å²) in [5.74, 6) is 1.62. The van der Waals surface area contributed by atoms with E-state index in [4.69, 9.17) is 11.1 Å². The molecule has 0 saturated carbocycles. The highest BCUT2D eigenvalue weighted by atomic mass is 15.1. The summed E-state index contributed by atoms with van der Waals surface area (Å²) < 4.78 is 0. The third-order valence-corrected chi connectivity index (χ3v) is 3.72. The Morgan fingerprint density at radius 1 is 1.00 bits per heavy atom. The molecule has 1 aromatic carbocycles. The third-order valence-electron chi connectivity index (χ3n) is 3.72. The van der Waals surface area contributed by atoms with Crippen molar-refractivity contribution >= 4 is 5.84 Å². The minimum atomic E-state index is 0.137. The fourth-order valence-corrected chi connectivity index (χ4v) is 2.20. The highest BCUT2D eigenvalue weighted by Gasteiger charge is 2.08. The van der Waals surface area contributed by atoms with E-state index in [1.54, 1.807) is 0 Å². The van der Waals surface area contributed by atoms with Gasteiger partial charge in [0.25, 0.3) is 0 Å². The lowest BCUT2D eigenvalue weighted by Crippen LogP contribution is -2.27. The van der Waals surface area contributed by atoms with Crippen LogP contribution in [-0.4, -0.2) is 23.8 Å². The number of nitrogens with two attached hydrogens (primary N) is 1. The monoisotopic (exact) mass is 289 g/mol. The quantitative estimate of drug-likeness (QED) is 0.535. The second kappa shape index (κ2) is 8.83. The van der Waals surface area contributed by atoms with Crippen molar-refractivity contribution in [2.24, 2.45) is 17.6 Å². The first-order valence-electron chi connectivity index (χ1n) is 8.04. The van der Waals surface area contributed by atoms with E-state index in [9.17, 15) is 0 Å². The van der Waals surface area contributed by atoms with Gasteiger partial charge in [0.2, 0.25) is 0 Å². The zero-order chi connectivity index (χ0) is 15.8. The van der Waals surface area contributed by atoms with Crippen LogP contribution < -0.4 is 5.73 Å². The molecule has 0 aliphatic rings. The summed E-state index contributed by atoms with van der Waals surface area (Å²) >= 11 is 0. The fourth-order valence-electron chi connectivity index (χ4n) is 2.20. The van der Waals surface area contributed by atoms with Gasteiger partial charge in [-0.25, -0.2) is 0 Å². The molecule has 118 valence electrons. The molecule has 0 atom stereocenters. The van der Waals surface area contributed by atoms with Crippen LogP contribution in [0.3, 0.4) is 0 Å². The molecule has 0 radical (unpaired) electrons. The summed E-state index contributed by atoms with van der Waals surface area (Å²) in [5, 5.41) is 7.44. The first kappa shape index (κ1) is 17.7. The zero-order valence-electron chi connectivity index (χ0n) is 14.0. The maximum Gasteiger partial charge on any atom is 0.122 e. The van der Waals surface area contributed by atoms with Crippen molar-refractivity contribution < 1.29 is 0 Å². The van der Waals surface area contributed by atoms with E-state index in [1.165, 1.54) is 18.4 Å². The molecule has 0 aromatic heterocycles. The summed E-state index contributed by atoms with van der Waals surface area (Å²) in [6, 6.07) is 8.07. The highest BCUT2D eigenvalue weighted by Crippen LogP contribution is 2.12. The lowest BCUT2D eigenvalue weighted by atomic mass is 10.1. The second-order valence-electron chi connectivity index (χ2n) is 6.75. The SMILES string of the molecule is CC(C)CCN(CCC(C)C)Cc1ccc(C(=N)N)cc1. The average molecular weight is 289 g/mol. The minimum Gasteiger partial charge on any atom is -0.384 e. The molecule has 3 N–H and O–H groups in total. The van der Waals surface area contributed by atoms with Gasteiger partial charge < -0.3 is 5.73 Å². The molecule has 0 unspecified atom stereocenters. The first-order chi connectivity index (χ1) is 9.88. The summed E-state index contributed by atoms with van der Waals surface area (Å²) in [6.07, 6.45) is 2.48. The molecule has 0 heterocycles. The molecular formula is C18H31N3. The minimum absolute atomic E-state index is 0.137. The molecule has 1 aromatic rings. The van der Waals surface area contributed by atoms with Crippen LogP contribution in [0, 0.1) is 17.2 Å². The van der Waals surface area contributed by atoms with Crippen LogP contribution in [0.2, 0.25) is 0 Å². The topological polar surface area (TPSA) is 53.1 Å². The predicted octanol–water partition coefficient (Wildman–Crippen LogP) is 3.86. The van der Waals surface area contributed by atoms with Crippen LogP contribution in [0.1, 0.15) is 51.7 Å². The second-order valence-corrected chi connectivity index (χ2v) is 6.75. The van der Waals surface area contributed by atoms with Crippen molar-refractivity contribution in [3.8, 4) is 0 Å². The Hall–Kier alpha value is -1.35. The first-order valence-corrected chi connectivity index (χ1v) is 8.04. The molecule has 0 saturated heterocycles. The molecule has 3 nitrogen and oxygen atoms in total. The zero-order valence-corrected chi connectivity index (χ0v) is 14.0. The summed E-state index contributed by atoms with van der Waals surface area (Å²) in [5.41, 5.74) is 7.60. The third kappa shape index (κ3) is 7.28. The summed E-state index contributed by atoms with van der Waals surface area (Å²) in [4.78, 5) is 2.54. The van der Waals surface area contributed by atoms with E-state index < -0.39 is 0 Å². The molecular weight excluding hydrogens is 258 g/mol. The Labute approximate surface area is 130 Å². The Bertz CT molecular complexity index is 409. The highest BCUT2D eigenvalue weighted by molar-refractivity contribution is 5.94. The standard InChI is InChI=1S/C18H31N3/c1-14(2)9-11-21(12-10-15(3)4)13-16-5-7-17(8-6-16)18(19)20/h5-8,14-15H,9-13H2,1-4H3,(H3,19,20). The molecule has 0 aliphatic carbocycles. The van der Waals surface area contributed by atoms with E-state index in [2.05, 4.69) is 44.7 Å². The fraction of sp³-hybridized carbons (Fsp3) is 0.611. The number of hydrogen-bond acceptors (Lipinski definition) is 2. The maximum absolute atomic E-state index is 7.44. The van der Waals surface area contributed by atoms with Crippen LogP contribution in [0.5, 0.6) is 0 Å². The summed E-state index contributed by atoms with van der Waals surface area (Å²) in [6.45, 7) is 12.4. The largest absolute Gasteiger partial charge is 0.384 e. The van der Waals surface area contributed by atoms with Gasteiger partial charge in [-0.2, -0.15) is 0 Å². The van der Waals surface area contributed by atoms with E-state index in [0.717, 1.165) is 37.0 Å². The molecule has 0 spiro atoms. The van der Waals surface area contributed by atoms with Gasteiger partial charge in [0, 0.05) is 12.1 Å². The van der Waals surface area contributed by atoms with E-state index in [0.29, 0.717) is 0 Å². The number of nitrogens with one attached hydrogen (secondary N) is 1. The number of benzene rings is 1. The smallest absolute Gasteiger partial charge is 0.122 e. The van der Waals surface area contributed by atoms with E-state index in [1.807, 2.05) is 12.1 Å². The van der Waals surface area contributed by atoms with Crippen molar-refractivity contribution in [1.82, 2.24) is 4.90 Å². The predicted molar refractivity (Wildman–Crippen MR) is 91.6 cm³/mol. The van der Waals surface area contributed by atoms with Crippen LogP contribution in [0.4, 0.5) is 0 Å². The Morgan fingerprint density at radius 2 is 1.48 bits per heavy atom. The van der Waals surface area contributed by atoms with Gasteiger partial charge in [-0.3, -0.25) is 10.3 Å². The van der Waals surface area contributed by atoms with Gasteiger partial charge in [0.05, 0.1) is 0 Å². The number of nitrogen functional groups attached to an aromatic ring is 1. The van der Waals surface area contributed by atoms with Gasteiger partial charge in [0.15, 0.2) is 0 Å². The molecule has 21 heavy (non-hydrogen) atoms. The van der Waals surface area contributed by atoms with Gasteiger partial charge in [0.1, 0.15) is 5.84 Å². The summed E-state index contributed by atoms with van der Waals surface area (Å²) in [7, 11) is 0. The van der Waals surface area contributed by atoms with Crippen LogP contribution in [-0.2, 0) is 6.54 Å². The lowest BCUT2D eigenvalue weighted by molar-refractivity contribution is 0.236. The number of nitrogens with zero attached hydrogens (tertiary/aromatic N) is 1. The molecule has 3 heteroatoms. The van der Waals surface area contributed by atoms with Crippen molar-refractivity contribution in [3.05, 3.63) is 35.4 Å². The van der Waals surface area contributed by atoms with Gasteiger partial charge in [-0.15, -0.1) is 0 Å². The van der Waals surface area contributed by atoms with Crippen LogP contribution in [0.25, 0.3) is 0 Å². The van der Waals surface area contributed by atoms with Crippen molar-refractivity contribution in [1.29, 1.82) is 5.41 Å². The van der Waals surface area contributed by atoms with Gasteiger partial charge in [-0.1, -0.05) is 52.0 Å². The Kier molecular flexibility index (Phi) is 7.44. The van der Waals surface area contributed by atoms with E-state index in [-0.39, 0.29) is 5.84 Å². The molecule has 0 aliphatic heterocycles. The number of hydrogen-bond donors (Lipinski definition) is 2. The molecule has 0 fully saturated rings. The molecule has 1 rings (SSSR count). The Balaban J connectivity index is 2.62.